The normalized spacial score (nSPS) is 22.0. The van der Waals surface area contributed by atoms with Gasteiger partial charge in [0.05, 0.1) is 17.1 Å². The standard InChI is InChI=1S/C16H25N3O5S/c1-12-6-4-7-15(19(20)21)16(12)25(22,23)17-8-5-9-18-10-13(2)24-14(3)11-18/h4,6-7,13-14,17H,5,8-11H2,1-3H3/t13-,14-/m0/s1. The number of nitrogens with one attached hydrogen (secondary N) is 1. The van der Waals surface area contributed by atoms with Crippen molar-refractivity contribution in [2.45, 2.75) is 44.3 Å². The van der Waals surface area contributed by atoms with Crippen LogP contribution in [0.15, 0.2) is 23.1 Å². The van der Waals surface area contributed by atoms with E-state index in [1.165, 1.54) is 12.1 Å². The van der Waals surface area contributed by atoms with E-state index in [1.807, 2.05) is 13.8 Å². The Morgan fingerprint density at radius 1 is 1.32 bits per heavy atom. The number of benzene rings is 1. The van der Waals surface area contributed by atoms with E-state index in [0.29, 0.717) is 12.0 Å². The van der Waals surface area contributed by atoms with Crippen LogP contribution in [-0.2, 0) is 14.8 Å². The highest BCUT2D eigenvalue weighted by atomic mass is 32.2. The number of nitrogens with zero attached hydrogens (tertiary/aromatic N) is 2. The van der Waals surface area contributed by atoms with Crippen molar-refractivity contribution in [1.29, 1.82) is 0 Å². The third-order valence-corrected chi connectivity index (χ3v) is 5.75. The average Bonchev–Trinajstić information content (AvgIpc) is 2.50. The van der Waals surface area contributed by atoms with Gasteiger partial charge in [-0.2, -0.15) is 0 Å². The van der Waals surface area contributed by atoms with Crippen molar-refractivity contribution in [2.75, 3.05) is 26.2 Å². The van der Waals surface area contributed by atoms with E-state index < -0.39 is 20.6 Å². The number of hydrogen-bond donors (Lipinski definition) is 1. The van der Waals surface area contributed by atoms with Gasteiger partial charge in [-0.3, -0.25) is 15.0 Å². The summed E-state index contributed by atoms with van der Waals surface area (Å²) in [6, 6.07) is 4.24. The van der Waals surface area contributed by atoms with Crippen LogP contribution in [-0.4, -0.2) is 56.6 Å². The van der Waals surface area contributed by atoms with Crippen molar-refractivity contribution in [2.24, 2.45) is 0 Å². The summed E-state index contributed by atoms with van der Waals surface area (Å²) in [7, 11) is -3.93. The molecule has 2 rings (SSSR count). The summed E-state index contributed by atoms with van der Waals surface area (Å²) in [6.07, 6.45) is 0.948. The number of nitro groups is 1. The quantitative estimate of drug-likeness (QED) is 0.444. The predicted molar refractivity (Wildman–Crippen MR) is 94.1 cm³/mol. The van der Waals surface area contributed by atoms with Gasteiger partial charge in [0.15, 0.2) is 4.90 Å². The van der Waals surface area contributed by atoms with Crippen molar-refractivity contribution in [1.82, 2.24) is 9.62 Å². The molecule has 9 heteroatoms. The second-order valence-corrected chi connectivity index (χ2v) is 8.15. The van der Waals surface area contributed by atoms with Gasteiger partial charge in [-0.15, -0.1) is 0 Å². The summed E-state index contributed by atoms with van der Waals surface area (Å²) in [4.78, 5) is 12.4. The summed E-state index contributed by atoms with van der Waals surface area (Å²) < 4.78 is 33.1. The van der Waals surface area contributed by atoms with Gasteiger partial charge in [0.25, 0.3) is 5.69 Å². The lowest BCUT2D eigenvalue weighted by atomic mass is 10.2. The monoisotopic (exact) mass is 371 g/mol. The molecule has 0 unspecified atom stereocenters. The molecular formula is C16H25N3O5S. The van der Waals surface area contributed by atoms with E-state index in [2.05, 4.69) is 9.62 Å². The molecule has 140 valence electrons. The van der Waals surface area contributed by atoms with Crippen molar-refractivity contribution >= 4 is 15.7 Å². The first-order chi connectivity index (χ1) is 11.7. The van der Waals surface area contributed by atoms with Crippen LogP contribution in [0.5, 0.6) is 0 Å². The summed E-state index contributed by atoms with van der Waals surface area (Å²) >= 11 is 0. The van der Waals surface area contributed by atoms with Crippen LogP contribution in [0, 0.1) is 17.0 Å². The first-order valence-electron chi connectivity index (χ1n) is 8.32. The van der Waals surface area contributed by atoms with Crippen LogP contribution in [0.25, 0.3) is 0 Å². The van der Waals surface area contributed by atoms with Gasteiger partial charge in [-0.25, -0.2) is 13.1 Å². The third kappa shape index (κ3) is 5.21. The summed E-state index contributed by atoms with van der Waals surface area (Å²) in [6.45, 7) is 8.20. The van der Waals surface area contributed by atoms with Crippen LogP contribution < -0.4 is 4.72 Å². The highest BCUT2D eigenvalue weighted by molar-refractivity contribution is 7.89. The van der Waals surface area contributed by atoms with Crippen molar-refractivity contribution in [3.63, 3.8) is 0 Å². The fourth-order valence-electron chi connectivity index (χ4n) is 3.18. The molecular weight excluding hydrogens is 346 g/mol. The SMILES string of the molecule is Cc1cccc([N+](=O)[O-])c1S(=O)(=O)NCCCN1C[C@H](C)O[C@@H](C)C1. The topological polar surface area (TPSA) is 102 Å². The Labute approximate surface area is 148 Å². The summed E-state index contributed by atoms with van der Waals surface area (Å²) in [5.74, 6) is 0. The molecule has 25 heavy (non-hydrogen) atoms. The van der Waals surface area contributed by atoms with E-state index in [1.54, 1.807) is 13.0 Å². The maximum atomic E-state index is 12.5. The molecule has 0 radical (unpaired) electrons. The van der Waals surface area contributed by atoms with Crippen molar-refractivity contribution in [3.05, 3.63) is 33.9 Å². The zero-order valence-corrected chi connectivity index (χ0v) is 15.6. The second-order valence-electron chi connectivity index (χ2n) is 6.45. The van der Waals surface area contributed by atoms with Crippen LogP contribution in [0.3, 0.4) is 0 Å². The number of rotatable bonds is 7. The van der Waals surface area contributed by atoms with Gasteiger partial charge in [0.2, 0.25) is 10.0 Å². The fraction of sp³-hybridized carbons (Fsp3) is 0.625. The molecule has 0 spiro atoms. The predicted octanol–water partition coefficient (Wildman–Crippen LogP) is 1.68. The third-order valence-electron chi connectivity index (χ3n) is 4.09. The minimum absolute atomic E-state index is 0.162. The average molecular weight is 371 g/mol. The number of sulfonamides is 1. The van der Waals surface area contributed by atoms with Crippen LogP contribution in [0.1, 0.15) is 25.8 Å². The lowest BCUT2D eigenvalue weighted by molar-refractivity contribution is -0.387. The highest BCUT2D eigenvalue weighted by Gasteiger charge is 2.27. The molecule has 1 N–H and O–H groups in total. The van der Waals surface area contributed by atoms with Gasteiger partial charge in [-0.1, -0.05) is 12.1 Å². The summed E-state index contributed by atoms with van der Waals surface area (Å²) in [5, 5.41) is 11.1. The Morgan fingerprint density at radius 2 is 1.96 bits per heavy atom. The van der Waals surface area contributed by atoms with Gasteiger partial charge in [0.1, 0.15) is 0 Å². The Bertz CT molecular complexity index is 712. The van der Waals surface area contributed by atoms with E-state index in [0.717, 1.165) is 19.6 Å². The Hall–Kier alpha value is -1.55. The minimum atomic E-state index is -3.93. The maximum Gasteiger partial charge on any atom is 0.289 e. The van der Waals surface area contributed by atoms with Crippen LogP contribution >= 0.6 is 0 Å². The molecule has 1 fully saturated rings. The van der Waals surface area contributed by atoms with E-state index >= 15 is 0 Å². The maximum absolute atomic E-state index is 12.5. The molecule has 1 saturated heterocycles. The lowest BCUT2D eigenvalue weighted by Crippen LogP contribution is -2.46. The highest BCUT2D eigenvalue weighted by Crippen LogP contribution is 2.26. The van der Waals surface area contributed by atoms with Gasteiger partial charge in [0, 0.05) is 25.7 Å². The molecule has 1 heterocycles. The first kappa shape index (κ1) is 19.8. The van der Waals surface area contributed by atoms with Crippen LogP contribution in [0.4, 0.5) is 5.69 Å². The minimum Gasteiger partial charge on any atom is -0.373 e. The molecule has 0 saturated carbocycles. The lowest BCUT2D eigenvalue weighted by Gasteiger charge is -2.35. The molecule has 1 aromatic carbocycles. The largest absolute Gasteiger partial charge is 0.373 e. The van der Waals surface area contributed by atoms with Gasteiger partial charge >= 0.3 is 0 Å². The molecule has 0 aromatic heterocycles. The van der Waals surface area contributed by atoms with Gasteiger partial charge in [-0.05, 0) is 39.3 Å². The molecule has 0 bridgehead atoms. The van der Waals surface area contributed by atoms with Crippen molar-refractivity contribution < 1.29 is 18.1 Å². The number of hydrogen-bond acceptors (Lipinski definition) is 6. The number of morpholine rings is 1. The molecule has 2 atom stereocenters. The Balaban J connectivity index is 1.96. The molecule has 0 amide bonds. The Kier molecular flexibility index (Phi) is 6.50. The fourth-order valence-corrected chi connectivity index (χ4v) is 4.65. The van der Waals surface area contributed by atoms with Gasteiger partial charge < -0.3 is 4.74 Å². The van der Waals surface area contributed by atoms with E-state index in [-0.39, 0.29) is 23.6 Å². The smallest absolute Gasteiger partial charge is 0.289 e. The number of nitro benzene ring substituents is 1. The zero-order chi connectivity index (χ0) is 18.6. The molecule has 8 nitrogen and oxygen atoms in total. The first-order valence-corrected chi connectivity index (χ1v) is 9.80. The second kappa shape index (κ2) is 8.22. The molecule has 0 aliphatic carbocycles. The summed E-state index contributed by atoms with van der Waals surface area (Å²) in [5.41, 5.74) is -0.0409. The molecule has 1 aliphatic heterocycles. The Morgan fingerprint density at radius 3 is 2.56 bits per heavy atom. The van der Waals surface area contributed by atoms with Crippen molar-refractivity contribution in [3.8, 4) is 0 Å². The van der Waals surface area contributed by atoms with E-state index in [9.17, 15) is 18.5 Å². The zero-order valence-electron chi connectivity index (χ0n) is 14.8. The molecule has 1 aliphatic rings. The van der Waals surface area contributed by atoms with Crippen LogP contribution in [0.2, 0.25) is 0 Å². The molecule has 1 aromatic rings. The van der Waals surface area contributed by atoms with E-state index in [4.69, 9.17) is 4.74 Å². The number of aryl methyl sites for hydroxylation is 1. The number of ether oxygens (including phenoxy) is 1.